The smallest absolute Gasteiger partial charge is 0.143 e. The summed E-state index contributed by atoms with van der Waals surface area (Å²) >= 11 is 0. The van der Waals surface area contributed by atoms with E-state index in [0.717, 1.165) is 0 Å². The average molecular weight is 90.1 g/mol. The highest BCUT2D eigenvalue weighted by molar-refractivity contribution is 4.37. The van der Waals surface area contributed by atoms with Gasteiger partial charge >= 0.3 is 0 Å². The second kappa shape index (κ2) is 3.08. The van der Waals surface area contributed by atoms with Gasteiger partial charge in [0.15, 0.2) is 0 Å². The van der Waals surface area contributed by atoms with Crippen LogP contribution in [0.25, 0.3) is 0 Å². The second-order valence-electron chi connectivity index (χ2n) is 1.05. The van der Waals surface area contributed by atoms with Gasteiger partial charge in [-0.2, -0.15) is 0 Å². The molecule has 1 unspecified atom stereocenters. The largest absolute Gasteiger partial charge is 0.396 e. The van der Waals surface area contributed by atoms with Crippen LogP contribution >= 0.6 is 0 Å². The molecule has 0 fully saturated rings. The Morgan fingerprint density at radius 3 is 2.33 bits per heavy atom. The first-order chi connectivity index (χ1) is 2.77. The van der Waals surface area contributed by atoms with E-state index in [1.807, 2.05) is 0 Å². The summed E-state index contributed by atoms with van der Waals surface area (Å²) in [5.74, 6) is 0. The lowest BCUT2D eigenvalue weighted by Gasteiger charge is -1.92. The highest BCUT2D eigenvalue weighted by atomic mass is 16.3. The first-order valence-corrected chi connectivity index (χ1v) is 1.79. The van der Waals surface area contributed by atoms with Gasteiger partial charge < -0.3 is 10.8 Å². The maximum Gasteiger partial charge on any atom is 0.143 e. The minimum atomic E-state index is -1.10. The molecule has 0 aliphatic rings. The minimum Gasteiger partial charge on any atom is -0.396 e. The third-order valence-corrected chi connectivity index (χ3v) is 0.414. The van der Waals surface area contributed by atoms with Crippen molar-refractivity contribution in [3.05, 3.63) is 0 Å². The number of rotatable bonds is 2. The van der Waals surface area contributed by atoms with Gasteiger partial charge in [-0.1, -0.05) is 0 Å². The molecule has 0 saturated carbocycles. The molecule has 3 nitrogen and oxygen atoms in total. The zero-order valence-corrected chi connectivity index (χ0v) is 3.42. The monoisotopic (exact) mass is 90.1 g/mol. The topological polar surface area (TPSA) is 66.2 Å². The molecule has 3 heteroatoms. The first kappa shape index (κ1) is 5.88. The maximum absolute atomic E-state index is 9.74. The summed E-state index contributed by atoms with van der Waals surface area (Å²) in [6.45, 7) is -0.106. The van der Waals surface area contributed by atoms with E-state index in [-0.39, 0.29) is 13.0 Å². The van der Waals surface area contributed by atoms with Crippen LogP contribution in [0.3, 0.4) is 0 Å². The van der Waals surface area contributed by atoms with Crippen LogP contribution < -0.4 is 5.73 Å². The van der Waals surface area contributed by atoms with Crippen molar-refractivity contribution in [2.75, 3.05) is 6.61 Å². The van der Waals surface area contributed by atoms with Gasteiger partial charge in [-0.3, -0.25) is 0 Å². The Hall–Kier alpha value is -0.120. The van der Waals surface area contributed by atoms with Crippen molar-refractivity contribution in [3.8, 4) is 0 Å². The van der Waals surface area contributed by atoms with Gasteiger partial charge in [0.1, 0.15) is 6.23 Å². The van der Waals surface area contributed by atoms with Crippen molar-refractivity contribution < 1.29 is 10.2 Å². The minimum absolute atomic E-state index is 0.106. The molecule has 1 atom stereocenters. The van der Waals surface area contributed by atoms with E-state index in [9.17, 15) is 5.11 Å². The molecule has 1 radical (unpaired) electrons. The molecule has 0 rings (SSSR count). The van der Waals surface area contributed by atoms with Crippen LogP contribution in [0.2, 0.25) is 0 Å². The molecule has 0 bridgehead atoms. The summed E-state index contributed by atoms with van der Waals surface area (Å²) in [6.07, 6.45) is -0.949. The molecule has 0 aliphatic heterocycles. The predicted octanol–water partition coefficient (Wildman–Crippen LogP) is -0.916. The van der Waals surface area contributed by atoms with Gasteiger partial charge in [0.2, 0.25) is 0 Å². The standard InChI is InChI=1S/C3H8NO2/c4-3(6)1-2-5/h3,5H,1-2,4H2. The molecule has 0 spiro atoms. The number of nitrogens with two attached hydrogens (primary N) is 1. The zero-order chi connectivity index (χ0) is 4.99. The quantitative estimate of drug-likeness (QED) is 0.431. The van der Waals surface area contributed by atoms with Crippen LogP contribution in [0.15, 0.2) is 0 Å². The summed E-state index contributed by atoms with van der Waals surface area (Å²) in [6, 6.07) is 0. The maximum atomic E-state index is 9.74. The van der Waals surface area contributed by atoms with Crippen molar-refractivity contribution >= 4 is 0 Å². The number of hydrogen-bond donors (Lipinski definition) is 2. The Morgan fingerprint density at radius 1 is 1.83 bits per heavy atom. The van der Waals surface area contributed by atoms with Gasteiger partial charge in [0.05, 0.1) is 0 Å². The molecule has 0 saturated heterocycles. The van der Waals surface area contributed by atoms with Crippen LogP contribution in [0.4, 0.5) is 0 Å². The van der Waals surface area contributed by atoms with Gasteiger partial charge in [0.25, 0.3) is 0 Å². The Kier molecular flexibility index (Phi) is 3.02. The lowest BCUT2D eigenvalue weighted by atomic mass is 10.4. The fourth-order valence-electron chi connectivity index (χ4n) is 0.127. The molecular formula is C3H8NO2. The summed E-state index contributed by atoms with van der Waals surface area (Å²) < 4.78 is 0. The van der Waals surface area contributed by atoms with Gasteiger partial charge in [-0.15, -0.1) is 0 Å². The van der Waals surface area contributed by atoms with E-state index >= 15 is 0 Å². The Bertz CT molecular complexity index is 30.0. The zero-order valence-electron chi connectivity index (χ0n) is 3.42. The lowest BCUT2D eigenvalue weighted by Crippen LogP contribution is -2.17. The molecule has 3 N–H and O–H groups in total. The first-order valence-electron chi connectivity index (χ1n) is 1.79. The number of aliphatic hydroxyl groups excluding tert-OH is 1. The molecule has 0 aromatic heterocycles. The fraction of sp³-hybridized carbons (Fsp3) is 1.00. The Balaban J connectivity index is 2.63. The third-order valence-electron chi connectivity index (χ3n) is 0.414. The number of hydrogen-bond acceptors (Lipinski definition) is 2. The highest BCUT2D eigenvalue weighted by Crippen LogP contribution is 1.76. The van der Waals surface area contributed by atoms with Gasteiger partial charge in [-0.25, -0.2) is 5.11 Å². The van der Waals surface area contributed by atoms with Crippen molar-refractivity contribution in [2.45, 2.75) is 12.6 Å². The molecule has 37 valence electrons. The second-order valence-corrected chi connectivity index (χ2v) is 1.05. The van der Waals surface area contributed by atoms with Crippen molar-refractivity contribution in [1.82, 2.24) is 0 Å². The van der Waals surface area contributed by atoms with Crippen LogP contribution in [-0.4, -0.2) is 17.9 Å². The molecule has 0 aromatic carbocycles. The normalized spacial score (nSPS) is 14.5. The van der Waals surface area contributed by atoms with Crippen LogP contribution in [0.5, 0.6) is 0 Å². The van der Waals surface area contributed by atoms with Crippen LogP contribution in [0, 0.1) is 0 Å². The number of aliphatic hydroxyl groups is 1. The molecular weight excluding hydrogens is 82.0 g/mol. The third kappa shape index (κ3) is 3.88. The SMILES string of the molecule is NC([O])CCO. The van der Waals surface area contributed by atoms with E-state index in [1.165, 1.54) is 0 Å². The fourth-order valence-corrected chi connectivity index (χ4v) is 0.127. The molecule has 0 amide bonds. The Morgan fingerprint density at radius 2 is 2.33 bits per heavy atom. The van der Waals surface area contributed by atoms with Crippen molar-refractivity contribution in [1.29, 1.82) is 0 Å². The molecule has 0 aromatic rings. The average Bonchev–Trinajstić information content (AvgIpc) is 1.35. The molecule has 0 heterocycles. The summed E-state index contributed by atoms with van der Waals surface area (Å²) in [5, 5.41) is 17.7. The van der Waals surface area contributed by atoms with Crippen molar-refractivity contribution in [2.24, 2.45) is 5.73 Å². The van der Waals surface area contributed by atoms with Crippen LogP contribution in [0.1, 0.15) is 6.42 Å². The van der Waals surface area contributed by atoms with E-state index in [0.29, 0.717) is 0 Å². The predicted molar refractivity (Wildman–Crippen MR) is 20.4 cm³/mol. The highest BCUT2D eigenvalue weighted by Gasteiger charge is 1.91. The van der Waals surface area contributed by atoms with E-state index in [2.05, 4.69) is 5.73 Å². The summed E-state index contributed by atoms with van der Waals surface area (Å²) in [5.41, 5.74) is 4.69. The van der Waals surface area contributed by atoms with Crippen molar-refractivity contribution in [3.63, 3.8) is 0 Å². The Labute approximate surface area is 36.4 Å². The molecule has 6 heavy (non-hydrogen) atoms. The molecule has 0 aliphatic carbocycles. The van der Waals surface area contributed by atoms with Crippen LogP contribution in [-0.2, 0) is 5.11 Å². The van der Waals surface area contributed by atoms with Gasteiger partial charge in [-0.05, 0) is 0 Å². The van der Waals surface area contributed by atoms with Gasteiger partial charge in [0, 0.05) is 13.0 Å². The summed E-state index contributed by atoms with van der Waals surface area (Å²) in [4.78, 5) is 0. The van der Waals surface area contributed by atoms with E-state index in [1.54, 1.807) is 0 Å². The van der Waals surface area contributed by atoms with E-state index in [4.69, 9.17) is 5.11 Å². The van der Waals surface area contributed by atoms with E-state index < -0.39 is 6.23 Å². The lowest BCUT2D eigenvalue weighted by molar-refractivity contribution is 0.0696. The summed E-state index contributed by atoms with van der Waals surface area (Å²) in [7, 11) is 0.